The molecule has 8 heteroatoms. The van der Waals surface area contributed by atoms with Crippen LogP contribution in [0.3, 0.4) is 0 Å². The summed E-state index contributed by atoms with van der Waals surface area (Å²) in [6, 6.07) is 28.3. The van der Waals surface area contributed by atoms with Crippen LogP contribution in [0.5, 0.6) is 0 Å². The highest BCUT2D eigenvalue weighted by Gasteiger charge is 2.39. The van der Waals surface area contributed by atoms with Gasteiger partial charge in [0.2, 0.25) is 0 Å². The van der Waals surface area contributed by atoms with Crippen molar-refractivity contribution in [1.29, 1.82) is 0 Å². The normalized spacial score (nSPS) is 21.0. The first-order valence-corrected chi connectivity index (χ1v) is 14.8. The van der Waals surface area contributed by atoms with Gasteiger partial charge in [0.1, 0.15) is 23.9 Å². The summed E-state index contributed by atoms with van der Waals surface area (Å²) in [5, 5.41) is 10.9. The minimum absolute atomic E-state index is 0.0449. The van der Waals surface area contributed by atoms with Gasteiger partial charge >= 0.3 is 5.97 Å². The zero-order valence-electron chi connectivity index (χ0n) is 23.6. The van der Waals surface area contributed by atoms with Crippen LogP contribution in [0.1, 0.15) is 63.2 Å². The Morgan fingerprint density at radius 1 is 0.884 bits per heavy atom. The number of aliphatic hydroxyl groups is 1. The largest absolute Gasteiger partial charge is 0.458 e. The molecule has 4 atom stereocenters. The van der Waals surface area contributed by atoms with Crippen LogP contribution in [0, 0.1) is 5.92 Å². The first kappa shape index (κ1) is 27.0. The molecule has 43 heavy (non-hydrogen) atoms. The summed E-state index contributed by atoms with van der Waals surface area (Å²) in [5.41, 5.74) is 4.19. The van der Waals surface area contributed by atoms with Gasteiger partial charge < -0.3 is 14.4 Å². The maximum Gasteiger partial charge on any atom is 0.338 e. The van der Waals surface area contributed by atoms with E-state index in [4.69, 9.17) is 9.72 Å². The second-order valence-electron chi connectivity index (χ2n) is 11.3. The summed E-state index contributed by atoms with van der Waals surface area (Å²) in [5.74, 6) is -0.117. The number of rotatable bonds is 7. The van der Waals surface area contributed by atoms with E-state index in [1.165, 1.54) is 11.9 Å². The number of amides is 1. The van der Waals surface area contributed by atoms with E-state index >= 15 is 0 Å². The zero-order valence-corrected chi connectivity index (χ0v) is 23.6. The molecule has 2 heterocycles. The highest BCUT2D eigenvalue weighted by Crippen LogP contribution is 2.43. The highest BCUT2D eigenvalue weighted by molar-refractivity contribution is 6.09. The van der Waals surface area contributed by atoms with Crippen molar-refractivity contribution in [2.75, 3.05) is 11.5 Å². The standard InChI is InChI=1S/C35H32N4O4/c40-21-26-19-27(20-31(26)43-35(42)25-12-5-2-6-13-25)38-18-17-29-32(38)36-22-37-33(29)39(34(41)24-10-3-1-4-11-24)30-16-15-23-9-7-8-14-28(23)30/h1-14,17-18,22,26-27,30-31,40H,15-16,19-21H2/t26-,27+,30-,31-/m0/s1. The SMILES string of the molecule is O=C(O[C@H]1C[C@H](n2ccc3c(N(C(=O)c4ccccc4)[C@H]4CCc5ccccc54)ncnc32)C[C@H]1CO)c1ccccc1. The van der Waals surface area contributed by atoms with Crippen LogP contribution < -0.4 is 4.90 Å². The number of benzene rings is 3. The van der Waals surface area contributed by atoms with Crippen molar-refractivity contribution in [2.24, 2.45) is 5.92 Å². The number of hydrogen-bond acceptors (Lipinski definition) is 6. The molecule has 1 fully saturated rings. The number of nitrogens with zero attached hydrogens (tertiary/aromatic N) is 4. The van der Waals surface area contributed by atoms with E-state index in [0.717, 1.165) is 23.8 Å². The van der Waals surface area contributed by atoms with E-state index in [2.05, 4.69) is 21.7 Å². The fraction of sp³-hybridized carbons (Fsp3) is 0.257. The third kappa shape index (κ3) is 4.97. The van der Waals surface area contributed by atoms with Crippen LogP contribution in [-0.2, 0) is 11.2 Å². The van der Waals surface area contributed by atoms with Crippen LogP contribution in [0.4, 0.5) is 5.82 Å². The van der Waals surface area contributed by atoms with Crippen LogP contribution in [0.25, 0.3) is 11.0 Å². The molecule has 7 rings (SSSR count). The lowest BCUT2D eigenvalue weighted by molar-refractivity contribution is 0.0127. The first-order valence-electron chi connectivity index (χ1n) is 14.8. The summed E-state index contributed by atoms with van der Waals surface area (Å²) in [4.78, 5) is 38.2. The summed E-state index contributed by atoms with van der Waals surface area (Å²) in [7, 11) is 0. The Balaban J connectivity index is 1.23. The third-order valence-corrected chi connectivity index (χ3v) is 8.87. The smallest absolute Gasteiger partial charge is 0.338 e. The number of aromatic nitrogens is 3. The second kappa shape index (κ2) is 11.5. The lowest BCUT2D eigenvalue weighted by Gasteiger charge is -2.29. The average molecular weight is 573 g/mol. The topological polar surface area (TPSA) is 97.6 Å². The maximum atomic E-state index is 14.2. The van der Waals surface area contributed by atoms with Crippen molar-refractivity contribution >= 4 is 28.7 Å². The first-order chi connectivity index (χ1) is 21.1. The Hall–Kier alpha value is -4.82. The number of ether oxygens (including phenoxy) is 1. The van der Waals surface area contributed by atoms with Crippen LogP contribution in [-0.4, -0.2) is 44.2 Å². The predicted molar refractivity (Wildman–Crippen MR) is 163 cm³/mol. The van der Waals surface area contributed by atoms with Gasteiger partial charge in [0, 0.05) is 36.7 Å². The molecule has 0 unspecified atom stereocenters. The van der Waals surface area contributed by atoms with E-state index in [9.17, 15) is 14.7 Å². The number of anilines is 1. The van der Waals surface area contributed by atoms with Crippen LogP contribution >= 0.6 is 0 Å². The molecule has 5 aromatic rings. The molecule has 0 saturated heterocycles. The minimum atomic E-state index is -0.424. The summed E-state index contributed by atoms with van der Waals surface area (Å²) >= 11 is 0. The molecule has 216 valence electrons. The third-order valence-electron chi connectivity index (χ3n) is 8.87. The Bertz CT molecular complexity index is 1770. The van der Waals surface area contributed by atoms with Gasteiger partial charge in [-0.15, -0.1) is 0 Å². The number of hydrogen-bond donors (Lipinski definition) is 1. The summed E-state index contributed by atoms with van der Waals surface area (Å²) < 4.78 is 7.96. The van der Waals surface area contributed by atoms with Crippen LogP contribution in [0.15, 0.2) is 104 Å². The van der Waals surface area contributed by atoms with Crippen molar-refractivity contribution in [2.45, 2.75) is 43.9 Å². The number of aliphatic hydroxyl groups excluding tert-OH is 1. The molecule has 3 aromatic carbocycles. The fourth-order valence-electron chi connectivity index (χ4n) is 6.75. The molecule has 2 aliphatic carbocycles. The van der Waals surface area contributed by atoms with Crippen LogP contribution in [0.2, 0.25) is 0 Å². The Morgan fingerprint density at radius 2 is 1.60 bits per heavy atom. The average Bonchev–Trinajstić information content (AvgIpc) is 3.79. The van der Waals surface area contributed by atoms with Crippen molar-refractivity contribution in [3.63, 3.8) is 0 Å². The fourth-order valence-corrected chi connectivity index (χ4v) is 6.75. The van der Waals surface area contributed by atoms with Gasteiger partial charge in [-0.3, -0.25) is 9.69 Å². The van der Waals surface area contributed by atoms with E-state index in [1.807, 2.05) is 65.7 Å². The van der Waals surface area contributed by atoms with Gasteiger partial charge in [-0.05, 0) is 60.7 Å². The monoisotopic (exact) mass is 572 g/mol. The number of carbonyl (C=O) groups excluding carboxylic acids is 2. The molecular formula is C35H32N4O4. The maximum absolute atomic E-state index is 14.2. The molecule has 0 aliphatic heterocycles. The number of aryl methyl sites for hydroxylation is 1. The molecule has 1 saturated carbocycles. The van der Waals surface area contributed by atoms with E-state index < -0.39 is 12.1 Å². The van der Waals surface area contributed by atoms with Crippen molar-refractivity contribution < 1.29 is 19.4 Å². The summed E-state index contributed by atoms with van der Waals surface area (Å²) in [6.07, 6.45) is 5.95. The predicted octanol–water partition coefficient (Wildman–Crippen LogP) is 5.93. The lowest BCUT2D eigenvalue weighted by atomic mass is 10.0. The quantitative estimate of drug-likeness (QED) is 0.243. The Kier molecular flexibility index (Phi) is 7.20. The number of fused-ring (bicyclic) bond motifs is 2. The highest BCUT2D eigenvalue weighted by atomic mass is 16.5. The Morgan fingerprint density at radius 3 is 2.37 bits per heavy atom. The van der Waals surface area contributed by atoms with Gasteiger partial charge in [-0.1, -0.05) is 60.7 Å². The van der Waals surface area contributed by atoms with Crippen molar-refractivity contribution in [3.8, 4) is 0 Å². The minimum Gasteiger partial charge on any atom is -0.458 e. The molecular weight excluding hydrogens is 540 g/mol. The lowest BCUT2D eigenvalue weighted by Crippen LogP contribution is -2.35. The van der Waals surface area contributed by atoms with Gasteiger partial charge in [-0.2, -0.15) is 0 Å². The molecule has 8 nitrogen and oxygen atoms in total. The molecule has 0 radical (unpaired) electrons. The van der Waals surface area contributed by atoms with Gasteiger partial charge in [-0.25, -0.2) is 14.8 Å². The molecule has 2 aromatic heterocycles. The zero-order chi connectivity index (χ0) is 29.3. The van der Waals surface area contributed by atoms with E-state index in [-0.39, 0.29) is 30.5 Å². The van der Waals surface area contributed by atoms with Gasteiger partial charge in [0.05, 0.1) is 17.0 Å². The van der Waals surface area contributed by atoms with Gasteiger partial charge in [0.25, 0.3) is 5.91 Å². The van der Waals surface area contributed by atoms with Crippen molar-refractivity contribution in [3.05, 3.63) is 126 Å². The number of carbonyl (C=O) groups is 2. The number of esters is 1. The Labute approximate surface area is 249 Å². The van der Waals surface area contributed by atoms with E-state index in [1.54, 1.807) is 24.3 Å². The molecule has 0 spiro atoms. The summed E-state index contributed by atoms with van der Waals surface area (Å²) in [6.45, 7) is -0.0802. The van der Waals surface area contributed by atoms with E-state index in [0.29, 0.717) is 35.4 Å². The van der Waals surface area contributed by atoms with Gasteiger partial charge in [0.15, 0.2) is 0 Å². The second-order valence-corrected chi connectivity index (χ2v) is 11.3. The van der Waals surface area contributed by atoms with Crippen molar-refractivity contribution in [1.82, 2.24) is 14.5 Å². The molecule has 0 bridgehead atoms. The molecule has 1 amide bonds. The molecule has 1 N–H and O–H groups in total. The molecule has 2 aliphatic rings.